The molecule has 2 aromatic rings. The average molecular weight is 356 g/mol. The molecular weight excluding hydrogens is 328 g/mol. The molecule has 0 bridgehead atoms. The van der Waals surface area contributed by atoms with Gasteiger partial charge in [-0.25, -0.2) is 4.79 Å². The van der Waals surface area contributed by atoms with Crippen molar-refractivity contribution in [3.63, 3.8) is 0 Å². The first-order valence-corrected chi connectivity index (χ1v) is 8.73. The number of nitrogens with one attached hydrogen (secondary N) is 1. The minimum atomic E-state index is -0.109. The van der Waals surface area contributed by atoms with E-state index in [0.29, 0.717) is 6.54 Å². The highest BCUT2D eigenvalue weighted by Crippen LogP contribution is 2.24. The molecule has 2 rings (SSSR count). The van der Waals surface area contributed by atoms with E-state index in [9.17, 15) is 4.79 Å². The molecule has 2 aromatic carbocycles. The molecule has 0 spiro atoms. The highest BCUT2D eigenvalue weighted by atomic mass is 16.5. The van der Waals surface area contributed by atoms with Crippen LogP contribution in [0.2, 0.25) is 0 Å². The zero-order valence-electron chi connectivity index (χ0n) is 16.2. The maximum atomic E-state index is 12.7. The van der Waals surface area contributed by atoms with Crippen LogP contribution in [0.4, 0.5) is 4.79 Å². The summed E-state index contributed by atoms with van der Waals surface area (Å²) in [6, 6.07) is 15.4. The zero-order chi connectivity index (χ0) is 19.1. The number of amides is 2. The van der Waals surface area contributed by atoms with E-state index >= 15 is 0 Å². The first-order valence-electron chi connectivity index (χ1n) is 8.73. The summed E-state index contributed by atoms with van der Waals surface area (Å²) in [6.07, 6.45) is 0. The van der Waals surface area contributed by atoms with Gasteiger partial charge >= 0.3 is 6.03 Å². The predicted molar refractivity (Wildman–Crippen MR) is 104 cm³/mol. The van der Waals surface area contributed by atoms with E-state index in [1.165, 1.54) is 0 Å². The summed E-state index contributed by atoms with van der Waals surface area (Å²) in [6.45, 7) is 4.70. The fourth-order valence-electron chi connectivity index (χ4n) is 2.81. The first kappa shape index (κ1) is 19.6. The normalized spacial score (nSPS) is 11.8. The van der Waals surface area contributed by atoms with E-state index in [1.54, 1.807) is 26.2 Å². The summed E-state index contributed by atoms with van der Waals surface area (Å²) >= 11 is 0. The smallest absolute Gasteiger partial charge is 0.317 e. The van der Waals surface area contributed by atoms with E-state index in [-0.39, 0.29) is 18.0 Å². The van der Waals surface area contributed by atoms with E-state index < -0.39 is 0 Å². The molecule has 0 fully saturated rings. The van der Waals surface area contributed by atoms with Crippen molar-refractivity contribution in [2.75, 3.05) is 21.3 Å². The Morgan fingerprint density at radius 1 is 1.04 bits per heavy atom. The van der Waals surface area contributed by atoms with Crippen LogP contribution < -0.4 is 14.8 Å². The quantitative estimate of drug-likeness (QED) is 0.807. The number of rotatable bonds is 7. The summed E-state index contributed by atoms with van der Waals surface area (Å²) in [5, 5.41) is 3.13. The maximum Gasteiger partial charge on any atom is 0.317 e. The lowest BCUT2D eigenvalue weighted by atomic mass is 9.96. The summed E-state index contributed by atoms with van der Waals surface area (Å²) in [4.78, 5) is 14.3. The van der Waals surface area contributed by atoms with Crippen molar-refractivity contribution in [1.29, 1.82) is 0 Å². The Labute approximate surface area is 155 Å². The van der Waals surface area contributed by atoms with Gasteiger partial charge < -0.3 is 19.7 Å². The van der Waals surface area contributed by atoms with Gasteiger partial charge in [0.05, 0.1) is 20.3 Å². The second-order valence-corrected chi connectivity index (χ2v) is 6.65. The zero-order valence-corrected chi connectivity index (χ0v) is 16.2. The van der Waals surface area contributed by atoms with Crippen molar-refractivity contribution in [2.24, 2.45) is 5.92 Å². The maximum absolute atomic E-state index is 12.7. The molecule has 140 valence electrons. The van der Waals surface area contributed by atoms with Gasteiger partial charge in [0.15, 0.2) is 0 Å². The fraction of sp³-hybridized carbons (Fsp3) is 0.381. The largest absolute Gasteiger partial charge is 0.497 e. The third-order valence-corrected chi connectivity index (χ3v) is 4.32. The molecule has 1 unspecified atom stereocenters. The summed E-state index contributed by atoms with van der Waals surface area (Å²) < 4.78 is 10.4. The summed E-state index contributed by atoms with van der Waals surface area (Å²) in [7, 11) is 5.07. The number of methoxy groups -OCH3 is 2. The van der Waals surface area contributed by atoms with Crippen molar-refractivity contribution >= 4 is 6.03 Å². The minimum Gasteiger partial charge on any atom is -0.497 e. The van der Waals surface area contributed by atoms with Crippen molar-refractivity contribution in [3.05, 3.63) is 59.7 Å². The van der Waals surface area contributed by atoms with Crippen LogP contribution in [0.1, 0.15) is 31.0 Å². The van der Waals surface area contributed by atoms with Gasteiger partial charge in [-0.15, -0.1) is 0 Å². The third-order valence-electron chi connectivity index (χ3n) is 4.32. The lowest BCUT2D eigenvalue weighted by molar-refractivity contribution is 0.198. The monoisotopic (exact) mass is 356 g/mol. The molecule has 5 heteroatoms. The molecule has 0 radical (unpaired) electrons. The van der Waals surface area contributed by atoms with Gasteiger partial charge in [0.2, 0.25) is 0 Å². The van der Waals surface area contributed by atoms with Gasteiger partial charge in [0, 0.05) is 13.6 Å². The van der Waals surface area contributed by atoms with E-state index in [2.05, 4.69) is 19.2 Å². The van der Waals surface area contributed by atoms with Gasteiger partial charge in [-0.2, -0.15) is 0 Å². The van der Waals surface area contributed by atoms with E-state index in [0.717, 1.165) is 22.6 Å². The van der Waals surface area contributed by atoms with Gasteiger partial charge in [-0.3, -0.25) is 0 Å². The van der Waals surface area contributed by atoms with Crippen molar-refractivity contribution in [3.8, 4) is 11.5 Å². The molecule has 26 heavy (non-hydrogen) atoms. The lowest BCUT2D eigenvalue weighted by Crippen LogP contribution is -2.40. The molecule has 0 aliphatic rings. The molecule has 0 saturated carbocycles. The van der Waals surface area contributed by atoms with Gasteiger partial charge in [0.25, 0.3) is 0 Å². The molecule has 1 atom stereocenters. The lowest BCUT2D eigenvalue weighted by Gasteiger charge is -2.27. The minimum absolute atomic E-state index is 0.0684. The van der Waals surface area contributed by atoms with Gasteiger partial charge in [-0.1, -0.05) is 38.1 Å². The topological polar surface area (TPSA) is 50.8 Å². The summed E-state index contributed by atoms with van der Waals surface area (Å²) in [5.41, 5.74) is 2.08. The molecule has 0 aromatic heterocycles. The van der Waals surface area contributed by atoms with Crippen LogP contribution in [0.5, 0.6) is 11.5 Å². The molecular formula is C21H28N2O3. The van der Waals surface area contributed by atoms with Gasteiger partial charge in [0.1, 0.15) is 11.5 Å². The Morgan fingerprint density at radius 2 is 1.69 bits per heavy atom. The molecule has 0 aliphatic carbocycles. The Balaban J connectivity index is 2.05. The van der Waals surface area contributed by atoms with Crippen LogP contribution in [0, 0.1) is 5.92 Å². The molecule has 0 saturated heterocycles. The SMILES string of the molecule is COc1ccc(C(NC(=O)N(C)Cc2cccc(OC)c2)C(C)C)cc1. The number of ether oxygens (including phenoxy) is 2. The predicted octanol–water partition coefficient (Wildman–Crippen LogP) is 4.24. The van der Waals surface area contributed by atoms with Gasteiger partial charge in [-0.05, 0) is 41.3 Å². The second-order valence-electron chi connectivity index (χ2n) is 6.65. The molecule has 0 heterocycles. The average Bonchev–Trinajstić information content (AvgIpc) is 2.65. The fourth-order valence-corrected chi connectivity index (χ4v) is 2.81. The number of benzene rings is 2. The molecule has 1 N–H and O–H groups in total. The molecule has 0 aliphatic heterocycles. The summed E-state index contributed by atoms with van der Waals surface area (Å²) in [5.74, 6) is 1.85. The highest BCUT2D eigenvalue weighted by Gasteiger charge is 2.20. The number of nitrogens with zero attached hydrogens (tertiary/aromatic N) is 1. The standard InChI is InChI=1S/C21H28N2O3/c1-15(2)20(17-9-11-18(25-4)12-10-17)22-21(24)23(3)14-16-7-6-8-19(13-16)26-5/h6-13,15,20H,14H2,1-5H3,(H,22,24). The van der Waals surface area contributed by atoms with Crippen molar-refractivity contribution < 1.29 is 14.3 Å². The molecule has 2 amide bonds. The number of carbonyl (C=O) groups excluding carboxylic acids is 1. The van der Waals surface area contributed by atoms with Crippen molar-refractivity contribution in [1.82, 2.24) is 10.2 Å². The van der Waals surface area contributed by atoms with E-state index in [1.807, 2.05) is 48.5 Å². The number of hydrogen-bond donors (Lipinski definition) is 1. The van der Waals surface area contributed by atoms with Crippen LogP contribution in [-0.4, -0.2) is 32.2 Å². The number of hydrogen-bond acceptors (Lipinski definition) is 3. The van der Waals surface area contributed by atoms with E-state index in [4.69, 9.17) is 9.47 Å². The Kier molecular flexibility index (Phi) is 6.89. The number of carbonyl (C=O) groups is 1. The Morgan fingerprint density at radius 3 is 2.27 bits per heavy atom. The Hall–Kier alpha value is -2.69. The number of urea groups is 1. The first-order chi connectivity index (χ1) is 12.4. The van der Waals surface area contributed by atoms with Crippen LogP contribution in [-0.2, 0) is 6.54 Å². The third kappa shape index (κ3) is 5.15. The second kappa shape index (κ2) is 9.13. The van der Waals surface area contributed by atoms with Crippen LogP contribution in [0.25, 0.3) is 0 Å². The highest BCUT2D eigenvalue weighted by molar-refractivity contribution is 5.74. The Bertz CT molecular complexity index is 713. The van der Waals surface area contributed by atoms with Crippen LogP contribution in [0.15, 0.2) is 48.5 Å². The molecule has 5 nitrogen and oxygen atoms in total. The van der Waals surface area contributed by atoms with Crippen LogP contribution >= 0.6 is 0 Å². The van der Waals surface area contributed by atoms with Crippen LogP contribution in [0.3, 0.4) is 0 Å². The van der Waals surface area contributed by atoms with Crippen molar-refractivity contribution in [2.45, 2.75) is 26.4 Å².